The Morgan fingerprint density at radius 1 is 0.690 bits per heavy atom. The van der Waals surface area contributed by atoms with E-state index >= 15 is 0 Å². The SMILES string of the molecule is C.CCCCCCCCCCCCC(CCCCC)Cn1c(C)c(C)[n+](C)c1C. The number of rotatable bonds is 17. The summed E-state index contributed by atoms with van der Waals surface area (Å²) in [6.07, 6.45) is 21.3. The van der Waals surface area contributed by atoms with Gasteiger partial charge in [-0.15, -0.1) is 0 Å². The summed E-state index contributed by atoms with van der Waals surface area (Å²) in [4.78, 5) is 0. The quantitative estimate of drug-likeness (QED) is 0.181. The van der Waals surface area contributed by atoms with Gasteiger partial charge in [0, 0.05) is 20.8 Å². The zero-order valence-corrected chi connectivity index (χ0v) is 20.3. The summed E-state index contributed by atoms with van der Waals surface area (Å²) in [6, 6.07) is 0. The Hall–Kier alpha value is -0.790. The summed E-state index contributed by atoms with van der Waals surface area (Å²) in [5.74, 6) is 2.27. The van der Waals surface area contributed by atoms with Crippen molar-refractivity contribution in [3.63, 3.8) is 0 Å². The van der Waals surface area contributed by atoms with E-state index in [2.05, 4.69) is 50.8 Å². The third-order valence-electron chi connectivity index (χ3n) is 6.93. The van der Waals surface area contributed by atoms with E-state index in [0.717, 1.165) is 5.92 Å². The maximum Gasteiger partial charge on any atom is 0.253 e. The van der Waals surface area contributed by atoms with Gasteiger partial charge >= 0.3 is 0 Å². The van der Waals surface area contributed by atoms with Crippen molar-refractivity contribution in [3.05, 3.63) is 17.2 Å². The maximum atomic E-state index is 2.59. The number of aromatic nitrogens is 2. The molecule has 2 nitrogen and oxygen atoms in total. The lowest BCUT2D eigenvalue weighted by Crippen LogP contribution is -2.33. The van der Waals surface area contributed by atoms with Gasteiger partial charge in [0.15, 0.2) is 0 Å². The molecule has 0 aliphatic rings. The smallest absolute Gasteiger partial charge is 0.234 e. The summed E-state index contributed by atoms with van der Waals surface area (Å²) >= 11 is 0. The first-order valence-corrected chi connectivity index (χ1v) is 12.5. The summed E-state index contributed by atoms with van der Waals surface area (Å²) in [5, 5.41) is 0. The molecule has 1 heterocycles. The van der Waals surface area contributed by atoms with Gasteiger partial charge < -0.3 is 0 Å². The van der Waals surface area contributed by atoms with Crippen LogP contribution < -0.4 is 4.57 Å². The number of hydrogen-bond donors (Lipinski definition) is 0. The van der Waals surface area contributed by atoms with E-state index in [1.54, 1.807) is 0 Å². The molecule has 0 spiro atoms. The molecule has 0 saturated carbocycles. The van der Waals surface area contributed by atoms with Crippen LogP contribution >= 0.6 is 0 Å². The molecule has 29 heavy (non-hydrogen) atoms. The molecule has 0 fully saturated rings. The van der Waals surface area contributed by atoms with E-state index in [0.29, 0.717) is 0 Å². The summed E-state index contributed by atoms with van der Waals surface area (Å²) < 4.78 is 4.95. The van der Waals surface area contributed by atoms with Gasteiger partial charge in [-0.1, -0.05) is 105 Å². The molecule has 172 valence electrons. The Bertz CT molecular complexity index is 490. The second kappa shape index (κ2) is 16.9. The largest absolute Gasteiger partial charge is 0.253 e. The van der Waals surface area contributed by atoms with Crippen LogP contribution in [0.15, 0.2) is 0 Å². The van der Waals surface area contributed by atoms with Crippen molar-refractivity contribution in [2.24, 2.45) is 13.0 Å². The van der Waals surface area contributed by atoms with Crippen molar-refractivity contribution in [1.82, 2.24) is 4.57 Å². The van der Waals surface area contributed by atoms with Gasteiger partial charge in [-0.25, -0.2) is 9.13 Å². The van der Waals surface area contributed by atoms with Gasteiger partial charge in [0.05, 0.1) is 13.6 Å². The first kappa shape index (κ1) is 28.2. The van der Waals surface area contributed by atoms with Gasteiger partial charge in [0.25, 0.3) is 5.82 Å². The molecule has 1 unspecified atom stereocenters. The first-order chi connectivity index (χ1) is 13.5. The first-order valence-electron chi connectivity index (χ1n) is 12.5. The van der Waals surface area contributed by atoms with Gasteiger partial charge in [-0.2, -0.15) is 0 Å². The van der Waals surface area contributed by atoms with Crippen LogP contribution in [0.1, 0.15) is 135 Å². The van der Waals surface area contributed by atoms with Gasteiger partial charge in [-0.3, -0.25) is 0 Å². The predicted molar refractivity (Wildman–Crippen MR) is 131 cm³/mol. The predicted octanol–water partition coefficient (Wildman–Crippen LogP) is 8.38. The lowest BCUT2D eigenvalue weighted by atomic mass is 9.94. The Balaban J connectivity index is 0.00000784. The van der Waals surface area contributed by atoms with E-state index in [1.807, 2.05) is 0 Å². The third kappa shape index (κ3) is 10.7. The molecule has 0 N–H and O–H groups in total. The Morgan fingerprint density at radius 3 is 1.55 bits per heavy atom. The molecular formula is C27H55N2+. The molecular weight excluding hydrogens is 352 g/mol. The van der Waals surface area contributed by atoms with Crippen molar-refractivity contribution < 1.29 is 4.57 Å². The van der Waals surface area contributed by atoms with E-state index in [9.17, 15) is 0 Å². The topological polar surface area (TPSA) is 8.81 Å². The number of unbranched alkanes of at least 4 members (excludes halogenated alkanes) is 11. The number of imidazole rings is 1. The van der Waals surface area contributed by atoms with Crippen molar-refractivity contribution >= 4 is 0 Å². The maximum absolute atomic E-state index is 2.59. The summed E-state index contributed by atoms with van der Waals surface area (Å²) in [5.41, 5.74) is 2.88. The normalized spacial score (nSPS) is 12.2. The van der Waals surface area contributed by atoms with E-state index < -0.39 is 0 Å². The van der Waals surface area contributed by atoms with Crippen molar-refractivity contribution in [1.29, 1.82) is 0 Å². The van der Waals surface area contributed by atoms with Crippen LogP contribution in [0.4, 0.5) is 0 Å². The second-order valence-corrected chi connectivity index (χ2v) is 9.22. The van der Waals surface area contributed by atoms with Crippen LogP contribution in [-0.4, -0.2) is 4.57 Å². The highest BCUT2D eigenvalue weighted by molar-refractivity contribution is 5.06. The zero-order chi connectivity index (χ0) is 20.8. The molecule has 1 rings (SSSR count). The van der Waals surface area contributed by atoms with Crippen LogP contribution in [0.25, 0.3) is 0 Å². The van der Waals surface area contributed by atoms with Gasteiger partial charge in [-0.05, 0) is 18.8 Å². The van der Waals surface area contributed by atoms with E-state index in [4.69, 9.17) is 0 Å². The van der Waals surface area contributed by atoms with Crippen LogP contribution in [0, 0.1) is 26.7 Å². The molecule has 1 aromatic heterocycles. The lowest BCUT2D eigenvalue weighted by Gasteiger charge is -2.16. The molecule has 0 saturated heterocycles. The van der Waals surface area contributed by atoms with Crippen molar-refractivity contribution in [3.8, 4) is 0 Å². The Labute approximate surface area is 184 Å². The minimum atomic E-state index is 0. The van der Waals surface area contributed by atoms with Crippen LogP contribution in [0.2, 0.25) is 0 Å². The summed E-state index contributed by atoms with van der Waals surface area (Å²) in [7, 11) is 2.21. The average molecular weight is 408 g/mol. The standard InChI is InChI=1S/C26H51N2.CH4/c1-7-9-11-12-13-14-15-16-17-19-21-26(20-18-10-8-2)22-28-24(4)23(3)27(6)25(28)5;/h26H,7-22H2,1-6H3;1H4/q+1;. The molecule has 0 aliphatic carbocycles. The minimum absolute atomic E-state index is 0. The zero-order valence-electron chi connectivity index (χ0n) is 20.3. The van der Waals surface area contributed by atoms with Gasteiger partial charge in [0.2, 0.25) is 0 Å². The molecule has 0 radical (unpaired) electrons. The number of nitrogens with zero attached hydrogens (tertiary/aromatic N) is 2. The molecule has 1 aromatic rings. The minimum Gasteiger partial charge on any atom is -0.234 e. The highest BCUT2D eigenvalue weighted by atomic mass is 15.2. The highest BCUT2D eigenvalue weighted by Gasteiger charge is 2.22. The molecule has 2 heteroatoms. The molecule has 1 atom stereocenters. The number of hydrogen-bond acceptors (Lipinski definition) is 0. The fourth-order valence-electron chi connectivity index (χ4n) is 4.56. The average Bonchev–Trinajstić information content (AvgIpc) is 2.87. The fourth-order valence-corrected chi connectivity index (χ4v) is 4.56. The lowest BCUT2D eigenvalue weighted by molar-refractivity contribution is -0.683. The molecule has 0 aliphatic heterocycles. The molecule has 0 amide bonds. The third-order valence-corrected chi connectivity index (χ3v) is 6.93. The molecule has 0 bridgehead atoms. The van der Waals surface area contributed by atoms with Gasteiger partial charge in [0.1, 0.15) is 11.4 Å². The van der Waals surface area contributed by atoms with Crippen molar-refractivity contribution in [2.75, 3.05) is 0 Å². The van der Waals surface area contributed by atoms with Crippen LogP contribution in [-0.2, 0) is 13.6 Å². The Morgan fingerprint density at radius 2 is 1.10 bits per heavy atom. The van der Waals surface area contributed by atoms with E-state index in [-0.39, 0.29) is 7.43 Å². The van der Waals surface area contributed by atoms with Crippen LogP contribution in [0.5, 0.6) is 0 Å². The summed E-state index contributed by atoms with van der Waals surface area (Å²) in [6.45, 7) is 12.7. The second-order valence-electron chi connectivity index (χ2n) is 9.22. The fraction of sp³-hybridized carbons (Fsp3) is 0.889. The monoisotopic (exact) mass is 407 g/mol. The molecule has 0 aromatic carbocycles. The Kier molecular flexibility index (Phi) is 16.5. The highest BCUT2D eigenvalue weighted by Crippen LogP contribution is 2.22. The van der Waals surface area contributed by atoms with Crippen molar-refractivity contribution in [2.45, 2.75) is 145 Å². The van der Waals surface area contributed by atoms with E-state index in [1.165, 1.54) is 120 Å². The van der Waals surface area contributed by atoms with Crippen LogP contribution in [0.3, 0.4) is 0 Å².